The molecule has 5 aliphatic heterocycles. The molecule has 10 heteroatoms. The molecule has 0 aromatic heterocycles. The van der Waals surface area contributed by atoms with Crippen LogP contribution in [0.5, 0.6) is 0 Å². The summed E-state index contributed by atoms with van der Waals surface area (Å²) in [6.45, 7) is 8.60. The molecule has 5 saturated heterocycles. The number of hydrogen-bond donors (Lipinski definition) is 1. The lowest BCUT2D eigenvalue weighted by Gasteiger charge is -2.59. The molecule has 1 amide bonds. The van der Waals surface area contributed by atoms with Crippen molar-refractivity contribution in [3.63, 3.8) is 0 Å². The summed E-state index contributed by atoms with van der Waals surface area (Å²) in [5, 5.41) is 1.81. The first-order valence-electron chi connectivity index (χ1n) is 12.3. The second-order valence-corrected chi connectivity index (χ2v) is 10.4. The fraction of sp³-hybridized carbons (Fsp3) is 0.913. The Hall–Kier alpha value is -1.30. The average Bonchev–Trinajstić information content (AvgIpc) is 3.02. The van der Waals surface area contributed by atoms with Gasteiger partial charge in [0.15, 0.2) is 11.9 Å². The van der Waals surface area contributed by atoms with Gasteiger partial charge in [-0.2, -0.15) is 0 Å². The summed E-state index contributed by atoms with van der Waals surface area (Å²) in [7, 11) is 0. The third kappa shape index (κ3) is 4.30. The quantitative estimate of drug-likeness (QED) is 0.478. The number of morpholine rings is 1. The molecule has 0 aromatic rings. The lowest BCUT2D eigenvalue weighted by molar-refractivity contribution is -0.576. The van der Waals surface area contributed by atoms with Gasteiger partial charge in [-0.1, -0.05) is 13.8 Å². The van der Waals surface area contributed by atoms with Crippen LogP contribution in [0, 0.1) is 23.7 Å². The first-order valence-corrected chi connectivity index (χ1v) is 12.3. The number of fused-ring (bicyclic) bond motifs is 2. The van der Waals surface area contributed by atoms with Crippen LogP contribution in [0.1, 0.15) is 59.3 Å². The second kappa shape index (κ2) is 9.05. The molecule has 1 spiro atoms. The van der Waals surface area contributed by atoms with Crippen molar-refractivity contribution in [1.82, 2.24) is 10.4 Å². The smallest absolute Gasteiger partial charge is 0.308 e. The van der Waals surface area contributed by atoms with Crippen molar-refractivity contribution < 1.29 is 38.3 Å². The molecule has 1 saturated carbocycles. The van der Waals surface area contributed by atoms with Gasteiger partial charge in [0.25, 0.3) is 0 Å². The van der Waals surface area contributed by atoms with Gasteiger partial charge >= 0.3 is 5.97 Å². The highest BCUT2D eigenvalue weighted by Gasteiger charge is 2.69. The minimum Gasteiger partial charge on any atom is -0.435 e. The van der Waals surface area contributed by atoms with E-state index in [9.17, 15) is 9.59 Å². The largest absolute Gasteiger partial charge is 0.435 e. The number of nitrogens with one attached hydrogen (secondary N) is 1. The highest BCUT2D eigenvalue weighted by Crippen LogP contribution is 2.60. The van der Waals surface area contributed by atoms with Gasteiger partial charge in [0.2, 0.25) is 18.0 Å². The molecular formula is C23H36N2O8. The molecule has 33 heavy (non-hydrogen) atoms. The van der Waals surface area contributed by atoms with Gasteiger partial charge in [-0.15, -0.1) is 0 Å². The minimum atomic E-state index is -0.871. The van der Waals surface area contributed by atoms with Crippen LogP contribution in [0.2, 0.25) is 0 Å². The summed E-state index contributed by atoms with van der Waals surface area (Å²) in [5.41, 5.74) is 2.12. The van der Waals surface area contributed by atoms with Gasteiger partial charge in [0.05, 0.1) is 19.6 Å². The zero-order chi connectivity index (χ0) is 23.2. The van der Waals surface area contributed by atoms with Crippen molar-refractivity contribution in [2.75, 3.05) is 26.3 Å². The first kappa shape index (κ1) is 23.4. The standard InChI is InChI=1S/C23H36N2O8/c1-14-4-5-17-15(2)20(29-19(27)7-6-18(26)24-25-10-12-28-13-11-25)30-21-23(17)16(14)8-9-22(3,31-21)32-33-23/h14-17,20-21H,4-13H2,1-3H3,(H,24,26)/t14-,15-,16-,17+,20-,21-,22-,23-/m1/s1. The minimum absolute atomic E-state index is 0.0128. The number of hydrazine groups is 1. The van der Waals surface area contributed by atoms with Gasteiger partial charge < -0.3 is 18.9 Å². The van der Waals surface area contributed by atoms with Gasteiger partial charge in [-0.05, 0) is 38.0 Å². The number of hydrogen-bond acceptors (Lipinski definition) is 9. The molecular weight excluding hydrogens is 432 g/mol. The van der Waals surface area contributed by atoms with Crippen LogP contribution < -0.4 is 5.43 Å². The Bertz CT molecular complexity index is 761. The van der Waals surface area contributed by atoms with E-state index in [1.165, 1.54) is 0 Å². The fourth-order valence-electron chi connectivity index (χ4n) is 6.32. The summed E-state index contributed by atoms with van der Waals surface area (Å²) in [6.07, 6.45) is 2.32. The molecule has 2 bridgehead atoms. The average molecular weight is 469 g/mol. The van der Waals surface area contributed by atoms with Crippen molar-refractivity contribution in [2.24, 2.45) is 23.7 Å². The predicted molar refractivity (Wildman–Crippen MR) is 113 cm³/mol. The summed E-state index contributed by atoms with van der Waals surface area (Å²) in [4.78, 5) is 36.7. The SMILES string of the molecule is C[C@H]1[C@H](OC(=O)CCC(=O)NN2CCOCC2)O[C@@H]2O[C@@]3(C)CC[C@@H]4[C@H](C)CC[C@@H]1[C@@]24OO3. The predicted octanol–water partition coefficient (Wildman–Crippen LogP) is 1.88. The number of esters is 1. The van der Waals surface area contributed by atoms with E-state index >= 15 is 0 Å². The topological polar surface area (TPSA) is 105 Å². The number of carbonyl (C=O) groups is 2. The van der Waals surface area contributed by atoms with Crippen molar-refractivity contribution in [3.05, 3.63) is 0 Å². The van der Waals surface area contributed by atoms with Gasteiger partial charge in [0.1, 0.15) is 0 Å². The van der Waals surface area contributed by atoms with E-state index in [1.807, 2.05) is 18.9 Å². The third-order valence-electron chi connectivity index (χ3n) is 8.19. The van der Waals surface area contributed by atoms with Crippen LogP contribution in [0.3, 0.4) is 0 Å². The van der Waals surface area contributed by atoms with E-state index in [2.05, 4.69) is 12.3 Å². The maximum absolute atomic E-state index is 12.6. The Morgan fingerprint density at radius 2 is 1.85 bits per heavy atom. The summed E-state index contributed by atoms with van der Waals surface area (Å²) < 4.78 is 23.6. The molecule has 6 fully saturated rings. The van der Waals surface area contributed by atoms with Crippen molar-refractivity contribution in [3.8, 4) is 0 Å². The highest BCUT2D eigenvalue weighted by molar-refractivity contribution is 5.80. The highest BCUT2D eigenvalue weighted by atomic mass is 17.3. The van der Waals surface area contributed by atoms with E-state index in [0.29, 0.717) is 32.2 Å². The first-order chi connectivity index (χ1) is 15.8. The van der Waals surface area contributed by atoms with Crippen LogP contribution in [-0.2, 0) is 38.3 Å². The van der Waals surface area contributed by atoms with E-state index in [1.54, 1.807) is 0 Å². The molecule has 1 aliphatic carbocycles. The summed E-state index contributed by atoms with van der Waals surface area (Å²) in [5.74, 6) is -0.811. The number of amides is 1. The lowest BCUT2D eigenvalue weighted by atomic mass is 9.58. The van der Waals surface area contributed by atoms with Crippen LogP contribution >= 0.6 is 0 Å². The van der Waals surface area contributed by atoms with Crippen LogP contribution in [-0.4, -0.2) is 67.2 Å². The van der Waals surface area contributed by atoms with Gasteiger partial charge in [-0.25, -0.2) is 14.8 Å². The molecule has 1 N–H and O–H groups in total. The van der Waals surface area contributed by atoms with E-state index in [-0.39, 0.29) is 36.5 Å². The molecule has 10 nitrogen and oxygen atoms in total. The van der Waals surface area contributed by atoms with Gasteiger partial charge in [0, 0.05) is 37.8 Å². The number of nitrogens with zero attached hydrogens (tertiary/aromatic N) is 1. The van der Waals surface area contributed by atoms with Crippen LogP contribution in [0.4, 0.5) is 0 Å². The molecule has 186 valence electrons. The van der Waals surface area contributed by atoms with Crippen molar-refractivity contribution >= 4 is 11.9 Å². The Kier molecular flexibility index (Phi) is 6.43. The number of ether oxygens (including phenoxy) is 4. The Morgan fingerprint density at radius 1 is 1.06 bits per heavy atom. The second-order valence-electron chi connectivity index (χ2n) is 10.4. The van der Waals surface area contributed by atoms with Crippen LogP contribution in [0.25, 0.3) is 0 Å². The molecule has 5 heterocycles. The fourth-order valence-corrected chi connectivity index (χ4v) is 6.32. The van der Waals surface area contributed by atoms with E-state index in [4.69, 9.17) is 28.7 Å². The lowest BCUT2D eigenvalue weighted by Crippen LogP contribution is -2.70. The normalized spacial score (nSPS) is 45.1. The Labute approximate surface area is 194 Å². The molecule has 0 aromatic carbocycles. The number of carbonyl (C=O) groups excluding carboxylic acids is 2. The molecule has 0 radical (unpaired) electrons. The van der Waals surface area contributed by atoms with Crippen molar-refractivity contribution in [2.45, 2.75) is 83.3 Å². The summed E-state index contributed by atoms with van der Waals surface area (Å²) in [6, 6.07) is 0. The maximum atomic E-state index is 12.6. The third-order valence-corrected chi connectivity index (χ3v) is 8.19. The monoisotopic (exact) mass is 468 g/mol. The van der Waals surface area contributed by atoms with Crippen LogP contribution in [0.15, 0.2) is 0 Å². The van der Waals surface area contributed by atoms with E-state index in [0.717, 1.165) is 25.7 Å². The number of rotatable bonds is 5. The molecule has 0 unspecified atom stereocenters. The van der Waals surface area contributed by atoms with Crippen molar-refractivity contribution in [1.29, 1.82) is 0 Å². The zero-order valence-corrected chi connectivity index (χ0v) is 19.7. The van der Waals surface area contributed by atoms with Gasteiger partial charge in [-0.3, -0.25) is 15.0 Å². The Balaban J connectivity index is 1.22. The maximum Gasteiger partial charge on any atom is 0.308 e. The molecule has 6 aliphatic rings. The zero-order valence-electron chi connectivity index (χ0n) is 19.7. The Morgan fingerprint density at radius 3 is 2.64 bits per heavy atom. The summed E-state index contributed by atoms with van der Waals surface area (Å²) >= 11 is 0. The van der Waals surface area contributed by atoms with E-state index < -0.39 is 29.9 Å². The molecule has 8 atom stereocenters. The molecule has 6 rings (SSSR count).